The molecule has 1 aliphatic heterocycles. The van der Waals surface area contributed by atoms with Crippen LogP contribution in [0.2, 0.25) is 0 Å². The van der Waals surface area contributed by atoms with Gasteiger partial charge in [0, 0.05) is 25.8 Å². The summed E-state index contributed by atoms with van der Waals surface area (Å²) in [4.78, 5) is 2.17. The van der Waals surface area contributed by atoms with Crippen molar-refractivity contribution in [1.82, 2.24) is 14.7 Å². The standard InChI is InChI=1S/C10H17N3O/c1-8-6-10(14,7-12(8)2)9-4-5-11-13(9)3/h4-5,8,14H,6-7H2,1-3H3. The number of hydrogen-bond acceptors (Lipinski definition) is 3. The van der Waals surface area contributed by atoms with Crippen molar-refractivity contribution in [2.45, 2.75) is 25.0 Å². The summed E-state index contributed by atoms with van der Waals surface area (Å²) in [6.45, 7) is 2.82. The largest absolute Gasteiger partial charge is 0.382 e. The molecule has 0 amide bonds. The maximum Gasteiger partial charge on any atom is 0.120 e. The number of β-amino-alcohol motifs (C(OH)–C–C–N with tert-alkyl or cyclic N) is 1. The van der Waals surface area contributed by atoms with E-state index >= 15 is 0 Å². The quantitative estimate of drug-likeness (QED) is 0.702. The molecule has 1 aromatic rings. The zero-order valence-electron chi connectivity index (χ0n) is 8.94. The Hall–Kier alpha value is -0.870. The molecule has 0 aromatic carbocycles. The number of likely N-dealkylation sites (tertiary alicyclic amines) is 1. The number of likely N-dealkylation sites (N-methyl/N-ethyl adjacent to an activating group) is 1. The van der Waals surface area contributed by atoms with Gasteiger partial charge < -0.3 is 10.0 Å². The summed E-state index contributed by atoms with van der Waals surface area (Å²) in [5.41, 5.74) is 0.188. The lowest BCUT2D eigenvalue weighted by Gasteiger charge is -2.22. The van der Waals surface area contributed by atoms with E-state index in [1.165, 1.54) is 0 Å². The van der Waals surface area contributed by atoms with E-state index in [2.05, 4.69) is 16.9 Å². The van der Waals surface area contributed by atoms with Gasteiger partial charge in [-0.3, -0.25) is 4.68 Å². The third kappa shape index (κ3) is 1.35. The molecular formula is C10H17N3O. The first kappa shape index (κ1) is 9.68. The van der Waals surface area contributed by atoms with Gasteiger partial charge in [0.25, 0.3) is 0 Å². The summed E-state index contributed by atoms with van der Waals surface area (Å²) in [5.74, 6) is 0. The van der Waals surface area contributed by atoms with Crippen LogP contribution >= 0.6 is 0 Å². The Morgan fingerprint density at radius 2 is 2.29 bits per heavy atom. The third-order valence-electron chi connectivity index (χ3n) is 3.19. The average Bonchev–Trinajstić information content (AvgIpc) is 2.59. The molecule has 78 valence electrons. The Kier molecular flexibility index (Phi) is 2.12. The van der Waals surface area contributed by atoms with Crippen LogP contribution in [-0.4, -0.2) is 39.4 Å². The second-order valence-electron chi connectivity index (χ2n) is 4.34. The lowest BCUT2D eigenvalue weighted by molar-refractivity contribution is 0.0402. The van der Waals surface area contributed by atoms with Crippen LogP contribution in [0.25, 0.3) is 0 Å². The van der Waals surface area contributed by atoms with Crippen LogP contribution in [0, 0.1) is 0 Å². The lowest BCUT2D eigenvalue weighted by Crippen LogP contribution is -2.31. The minimum atomic E-state index is -0.723. The van der Waals surface area contributed by atoms with Crippen molar-refractivity contribution in [3.8, 4) is 0 Å². The van der Waals surface area contributed by atoms with Gasteiger partial charge in [-0.25, -0.2) is 0 Å². The van der Waals surface area contributed by atoms with Crippen molar-refractivity contribution in [3.05, 3.63) is 18.0 Å². The first-order chi connectivity index (χ1) is 6.53. The van der Waals surface area contributed by atoms with Crippen molar-refractivity contribution >= 4 is 0 Å². The van der Waals surface area contributed by atoms with Gasteiger partial charge in [-0.05, 0) is 26.5 Å². The van der Waals surface area contributed by atoms with Gasteiger partial charge in [0.15, 0.2) is 0 Å². The summed E-state index contributed by atoms with van der Waals surface area (Å²) in [5, 5.41) is 14.6. The maximum absolute atomic E-state index is 10.5. The van der Waals surface area contributed by atoms with Gasteiger partial charge in [-0.2, -0.15) is 5.10 Å². The van der Waals surface area contributed by atoms with Crippen molar-refractivity contribution in [1.29, 1.82) is 0 Å². The van der Waals surface area contributed by atoms with E-state index in [1.54, 1.807) is 10.9 Å². The fraction of sp³-hybridized carbons (Fsp3) is 0.700. The van der Waals surface area contributed by atoms with Crippen LogP contribution in [0.1, 0.15) is 19.0 Å². The zero-order valence-corrected chi connectivity index (χ0v) is 8.94. The Balaban J connectivity index is 2.31. The Labute approximate surface area is 84.1 Å². The summed E-state index contributed by atoms with van der Waals surface area (Å²) in [7, 11) is 3.91. The highest BCUT2D eigenvalue weighted by Gasteiger charge is 2.41. The molecule has 4 heteroatoms. The van der Waals surface area contributed by atoms with Crippen LogP contribution in [0.3, 0.4) is 0 Å². The summed E-state index contributed by atoms with van der Waals surface area (Å²) in [6, 6.07) is 2.32. The Morgan fingerprint density at radius 3 is 2.71 bits per heavy atom. The average molecular weight is 195 g/mol. The zero-order chi connectivity index (χ0) is 10.3. The molecule has 0 saturated carbocycles. The fourth-order valence-corrected chi connectivity index (χ4v) is 2.29. The summed E-state index contributed by atoms with van der Waals surface area (Å²) in [6.07, 6.45) is 2.51. The second kappa shape index (κ2) is 3.07. The fourth-order valence-electron chi connectivity index (χ4n) is 2.29. The van der Waals surface area contributed by atoms with Crippen LogP contribution in [0.15, 0.2) is 12.3 Å². The molecule has 2 unspecified atom stereocenters. The van der Waals surface area contributed by atoms with Crippen molar-refractivity contribution in [2.24, 2.45) is 7.05 Å². The molecule has 2 heterocycles. The Morgan fingerprint density at radius 1 is 1.57 bits per heavy atom. The molecule has 0 bridgehead atoms. The van der Waals surface area contributed by atoms with Crippen molar-refractivity contribution in [2.75, 3.05) is 13.6 Å². The molecule has 0 radical (unpaired) electrons. The third-order valence-corrected chi connectivity index (χ3v) is 3.19. The molecule has 14 heavy (non-hydrogen) atoms. The van der Waals surface area contributed by atoms with Gasteiger partial charge in [-0.1, -0.05) is 0 Å². The minimum Gasteiger partial charge on any atom is -0.382 e. The number of aliphatic hydroxyl groups is 1. The second-order valence-corrected chi connectivity index (χ2v) is 4.34. The number of nitrogens with zero attached hydrogens (tertiary/aromatic N) is 3. The predicted octanol–water partition coefficient (Wildman–Crippen LogP) is 0.332. The van der Waals surface area contributed by atoms with Gasteiger partial charge in [0.1, 0.15) is 5.60 Å². The summed E-state index contributed by atoms with van der Waals surface area (Å²) < 4.78 is 1.76. The molecule has 1 aliphatic rings. The molecular weight excluding hydrogens is 178 g/mol. The number of aryl methyl sites for hydroxylation is 1. The van der Waals surface area contributed by atoms with Crippen LogP contribution in [-0.2, 0) is 12.6 Å². The monoisotopic (exact) mass is 195 g/mol. The molecule has 1 aromatic heterocycles. The molecule has 1 fully saturated rings. The van der Waals surface area contributed by atoms with E-state index in [4.69, 9.17) is 0 Å². The highest BCUT2D eigenvalue weighted by atomic mass is 16.3. The molecule has 2 rings (SSSR count). The molecule has 4 nitrogen and oxygen atoms in total. The minimum absolute atomic E-state index is 0.426. The maximum atomic E-state index is 10.5. The highest BCUT2D eigenvalue weighted by Crippen LogP contribution is 2.34. The topological polar surface area (TPSA) is 41.3 Å². The molecule has 0 aliphatic carbocycles. The number of aromatic nitrogens is 2. The van der Waals surface area contributed by atoms with E-state index in [0.29, 0.717) is 12.6 Å². The van der Waals surface area contributed by atoms with Gasteiger partial charge in [0.2, 0.25) is 0 Å². The lowest BCUT2D eigenvalue weighted by atomic mass is 9.97. The normalized spacial score (nSPS) is 33.9. The van der Waals surface area contributed by atoms with E-state index < -0.39 is 5.60 Å². The SMILES string of the molecule is CC1CC(O)(c2ccnn2C)CN1C. The van der Waals surface area contributed by atoms with E-state index in [1.807, 2.05) is 20.2 Å². The molecule has 1 saturated heterocycles. The smallest absolute Gasteiger partial charge is 0.120 e. The van der Waals surface area contributed by atoms with E-state index in [0.717, 1.165) is 12.1 Å². The van der Waals surface area contributed by atoms with Crippen LogP contribution in [0.4, 0.5) is 0 Å². The predicted molar refractivity (Wildman–Crippen MR) is 53.8 cm³/mol. The van der Waals surface area contributed by atoms with Crippen molar-refractivity contribution in [3.63, 3.8) is 0 Å². The van der Waals surface area contributed by atoms with Crippen molar-refractivity contribution < 1.29 is 5.11 Å². The summed E-state index contributed by atoms with van der Waals surface area (Å²) >= 11 is 0. The Bertz CT molecular complexity index is 324. The first-order valence-electron chi connectivity index (χ1n) is 4.94. The van der Waals surface area contributed by atoms with E-state index in [-0.39, 0.29) is 0 Å². The van der Waals surface area contributed by atoms with Crippen LogP contribution in [0.5, 0.6) is 0 Å². The first-order valence-corrected chi connectivity index (χ1v) is 4.94. The van der Waals surface area contributed by atoms with Crippen LogP contribution < -0.4 is 0 Å². The number of hydrogen-bond donors (Lipinski definition) is 1. The van der Waals surface area contributed by atoms with Gasteiger partial charge in [0.05, 0.1) is 5.69 Å². The van der Waals surface area contributed by atoms with E-state index in [9.17, 15) is 5.11 Å². The van der Waals surface area contributed by atoms with Gasteiger partial charge >= 0.3 is 0 Å². The molecule has 1 N–H and O–H groups in total. The molecule has 0 spiro atoms. The highest BCUT2D eigenvalue weighted by molar-refractivity contribution is 5.15. The molecule has 2 atom stereocenters. The number of rotatable bonds is 1. The van der Waals surface area contributed by atoms with Gasteiger partial charge in [-0.15, -0.1) is 0 Å².